The molecule has 0 amide bonds. The van der Waals surface area contributed by atoms with Gasteiger partial charge in [-0.25, -0.2) is 18.5 Å². The van der Waals surface area contributed by atoms with E-state index in [1.54, 1.807) is 7.05 Å². The molecule has 6 heteroatoms. The van der Waals surface area contributed by atoms with Gasteiger partial charge in [-0.15, -0.1) is 0 Å². The number of nitrogens with zero attached hydrogens (tertiary/aromatic N) is 2. The van der Waals surface area contributed by atoms with Crippen molar-refractivity contribution in [3.63, 3.8) is 0 Å². The van der Waals surface area contributed by atoms with E-state index in [0.29, 0.717) is 5.82 Å². The van der Waals surface area contributed by atoms with Crippen molar-refractivity contribution in [2.75, 3.05) is 0 Å². The molecule has 0 bridgehead atoms. The minimum Gasteiger partial charge on any atom is -0.321 e. The standard InChI is InChI=1S/C7H13N3O2S/c1-5(2)7-9-4-6(10(7)3)13(8,11)12/h4-5H,1-3H3,(H2,8,11,12). The molecule has 0 aliphatic rings. The lowest BCUT2D eigenvalue weighted by atomic mass is 10.2. The lowest BCUT2D eigenvalue weighted by Gasteiger charge is -2.06. The molecular weight excluding hydrogens is 190 g/mol. The lowest BCUT2D eigenvalue weighted by molar-refractivity contribution is 0.582. The van der Waals surface area contributed by atoms with Crippen LogP contribution in [-0.2, 0) is 17.1 Å². The van der Waals surface area contributed by atoms with Gasteiger partial charge in [-0.1, -0.05) is 13.8 Å². The van der Waals surface area contributed by atoms with Gasteiger partial charge in [-0.3, -0.25) is 0 Å². The fraction of sp³-hybridized carbons (Fsp3) is 0.571. The molecule has 0 unspecified atom stereocenters. The quantitative estimate of drug-likeness (QED) is 0.745. The Bertz CT molecular complexity index is 405. The van der Waals surface area contributed by atoms with Gasteiger partial charge >= 0.3 is 0 Å². The molecule has 0 fully saturated rings. The van der Waals surface area contributed by atoms with Gasteiger partial charge in [0.1, 0.15) is 5.82 Å². The van der Waals surface area contributed by atoms with Crippen LogP contribution in [0.4, 0.5) is 0 Å². The highest BCUT2D eigenvalue weighted by atomic mass is 32.2. The Morgan fingerprint density at radius 1 is 1.54 bits per heavy atom. The molecule has 0 spiro atoms. The summed E-state index contributed by atoms with van der Waals surface area (Å²) in [4.78, 5) is 3.99. The van der Waals surface area contributed by atoms with Gasteiger partial charge in [0.15, 0.2) is 5.03 Å². The molecule has 0 aliphatic heterocycles. The topological polar surface area (TPSA) is 78.0 Å². The van der Waals surface area contributed by atoms with Crippen LogP contribution in [0.2, 0.25) is 0 Å². The minimum absolute atomic E-state index is 0.0520. The second-order valence-electron chi connectivity index (χ2n) is 3.21. The molecule has 0 saturated heterocycles. The van der Waals surface area contributed by atoms with Gasteiger partial charge in [0.05, 0.1) is 6.20 Å². The van der Waals surface area contributed by atoms with Crippen molar-refractivity contribution in [2.24, 2.45) is 12.2 Å². The molecule has 0 saturated carbocycles. The lowest BCUT2D eigenvalue weighted by Crippen LogP contribution is -2.16. The fourth-order valence-electron chi connectivity index (χ4n) is 1.21. The summed E-state index contributed by atoms with van der Waals surface area (Å²) in [6.45, 7) is 3.88. The van der Waals surface area contributed by atoms with E-state index in [1.165, 1.54) is 10.8 Å². The fourth-order valence-corrected chi connectivity index (χ4v) is 1.88. The van der Waals surface area contributed by atoms with Crippen molar-refractivity contribution in [2.45, 2.75) is 24.8 Å². The number of imidazole rings is 1. The zero-order chi connectivity index (χ0) is 10.2. The average molecular weight is 203 g/mol. The number of rotatable bonds is 2. The number of primary sulfonamides is 1. The highest BCUT2D eigenvalue weighted by molar-refractivity contribution is 7.89. The third-order valence-corrected chi connectivity index (χ3v) is 2.75. The first-order valence-corrected chi connectivity index (χ1v) is 5.43. The van der Waals surface area contributed by atoms with E-state index in [9.17, 15) is 8.42 Å². The largest absolute Gasteiger partial charge is 0.321 e. The van der Waals surface area contributed by atoms with Crippen molar-refractivity contribution in [3.05, 3.63) is 12.0 Å². The summed E-state index contributed by atoms with van der Waals surface area (Å²) >= 11 is 0. The molecule has 13 heavy (non-hydrogen) atoms. The zero-order valence-electron chi connectivity index (χ0n) is 7.85. The minimum atomic E-state index is -3.65. The highest BCUT2D eigenvalue weighted by Crippen LogP contribution is 2.15. The van der Waals surface area contributed by atoms with Crippen molar-refractivity contribution in [3.8, 4) is 0 Å². The predicted molar refractivity (Wildman–Crippen MR) is 48.7 cm³/mol. The Kier molecular flexibility index (Phi) is 2.44. The van der Waals surface area contributed by atoms with E-state index >= 15 is 0 Å². The smallest absolute Gasteiger partial charge is 0.255 e. The van der Waals surface area contributed by atoms with Crippen LogP contribution in [0, 0.1) is 0 Å². The van der Waals surface area contributed by atoms with Crippen LogP contribution in [0.25, 0.3) is 0 Å². The first-order chi connectivity index (χ1) is 5.84. The zero-order valence-corrected chi connectivity index (χ0v) is 8.67. The summed E-state index contributed by atoms with van der Waals surface area (Å²) in [5, 5.41) is 5.03. The number of hydrogen-bond donors (Lipinski definition) is 1. The molecule has 2 N–H and O–H groups in total. The summed E-state index contributed by atoms with van der Waals surface area (Å²) in [5.74, 6) is 0.893. The Morgan fingerprint density at radius 3 is 2.31 bits per heavy atom. The molecule has 1 aromatic rings. The van der Waals surface area contributed by atoms with Crippen molar-refractivity contribution in [1.29, 1.82) is 0 Å². The monoisotopic (exact) mass is 203 g/mol. The second-order valence-corrected chi connectivity index (χ2v) is 4.72. The number of aromatic nitrogens is 2. The van der Waals surface area contributed by atoms with Gasteiger partial charge in [0.25, 0.3) is 10.0 Å². The number of sulfonamides is 1. The highest BCUT2D eigenvalue weighted by Gasteiger charge is 2.17. The van der Waals surface area contributed by atoms with Crippen LogP contribution in [0.1, 0.15) is 25.6 Å². The van der Waals surface area contributed by atoms with Crippen molar-refractivity contribution in [1.82, 2.24) is 9.55 Å². The predicted octanol–water partition coefficient (Wildman–Crippen LogP) is 0.191. The Morgan fingerprint density at radius 2 is 2.08 bits per heavy atom. The maximum Gasteiger partial charge on any atom is 0.255 e. The van der Waals surface area contributed by atoms with E-state index in [0.717, 1.165) is 0 Å². The van der Waals surface area contributed by atoms with Gasteiger partial charge in [-0.05, 0) is 0 Å². The van der Waals surface area contributed by atoms with Crippen LogP contribution in [0.15, 0.2) is 11.2 Å². The number of hydrogen-bond acceptors (Lipinski definition) is 3. The maximum atomic E-state index is 11.0. The summed E-state index contributed by atoms with van der Waals surface area (Å²) in [7, 11) is -2.00. The maximum absolute atomic E-state index is 11.0. The summed E-state index contributed by atoms with van der Waals surface area (Å²) < 4.78 is 23.5. The Labute approximate surface area is 77.6 Å². The molecule has 0 atom stereocenters. The van der Waals surface area contributed by atoms with Gasteiger partial charge in [-0.2, -0.15) is 0 Å². The molecule has 0 aliphatic carbocycles. The SMILES string of the molecule is CC(C)c1ncc(S(N)(=O)=O)n1C. The Balaban J connectivity index is 3.30. The van der Waals surface area contributed by atoms with Crippen molar-refractivity contribution < 1.29 is 8.42 Å². The number of nitrogens with two attached hydrogens (primary N) is 1. The molecule has 74 valence electrons. The van der Waals surface area contributed by atoms with Gasteiger partial charge < -0.3 is 4.57 Å². The normalized spacial score (nSPS) is 12.4. The molecule has 1 heterocycles. The van der Waals surface area contributed by atoms with Crippen LogP contribution < -0.4 is 5.14 Å². The molecule has 1 rings (SSSR count). The van der Waals surface area contributed by atoms with Gasteiger partial charge in [0, 0.05) is 13.0 Å². The van der Waals surface area contributed by atoms with E-state index in [2.05, 4.69) is 4.98 Å². The third-order valence-electron chi connectivity index (χ3n) is 1.79. The Hall–Kier alpha value is -0.880. The van der Waals surface area contributed by atoms with Crippen LogP contribution in [0.5, 0.6) is 0 Å². The molecule has 0 radical (unpaired) electrons. The molecule has 0 aromatic carbocycles. The summed E-state index contributed by atoms with van der Waals surface area (Å²) in [6, 6.07) is 0. The second kappa shape index (κ2) is 3.12. The van der Waals surface area contributed by atoms with E-state index in [-0.39, 0.29) is 10.9 Å². The van der Waals surface area contributed by atoms with E-state index < -0.39 is 10.0 Å². The molecular formula is C7H13N3O2S. The van der Waals surface area contributed by atoms with Crippen LogP contribution in [0.3, 0.4) is 0 Å². The van der Waals surface area contributed by atoms with E-state index in [4.69, 9.17) is 5.14 Å². The van der Waals surface area contributed by atoms with Crippen molar-refractivity contribution >= 4 is 10.0 Å². The summed E-state index contributed by atoms with van der Waals surface area (Å²) in [6.07, 6.45) is 1.28. The van der Waals surface area contributed by atoms with E-state index in [1.807, 2.05) is 13.8 Å². The van der Waals surface area contributed by atoms with Crippen LogP contribution >= 0.6 is 0 Å². The molecule has 5 nitrogen and oxygen atoms in total. The van der Waals surface area contributed by atoms with Crippen LogP contribution in [-0.4, -0.2) is 18.0 Å². The molecule has 1 aromatic heterocycles. The average Bonchev–Trinajstić information content (AvgIpc) is 2.28. The van der Waals surface area contributed by atoms with Gasteiger partial charge in [0.2, 0.25) is 0 Å². The first-order valence-electron chi connectivity index (χ1n) is 3.88. The third kappa shape index (κ3) is 1.89. The summed E-state index contributed by atoms with van der Waals surface area (Å²) in [5.41, 5.74) is 0. The first kappa shape index (κ1) is 10.2.